The molecule has 90 valence electrons. The molecular formula is C14H19N3. The predicted octanol–water partition coefficient (Wildman–Crippen LogP) is 2.21. The number of hydrogen-bond acceptors (Lipinski definition) is 2. The van der Waals surface area contributed by atoms with E-state index < -0.39 is 0 Å². The molecule has 3 heteroatoms. The smallest absolute Gasteiger partial charge is 0.0659 e. The molecule has 2 aromatic rings. The Hall–Kier alpha value is -1.61. The zero-order valence-electron chi connectivity index (χ0n) is 10.4. The minimum atomic E-state index is -0.180. The van der Waals surface area contributed by atoms with Gasteiger partial charge in [-0.25, -0.2) is 0 Å². The average Bonchev–Trinajstić information content (AvgIpc) is 2.64. The summed E-state index contributed by atoms with van der Waals surface area (Å²) < 4.78 is 1.95. The zero-order chi connectivity index (χ0) is 12.3. The minimum Gasteiger partial charge on any atom is -0.325 e. The summed E-state index contributed by atoms with van der Waals surface area (Å²) in [6, 6.07) is 10.3. The van der Waals surface area contributed by atoms with Crippen LogP contribution in [0.3, 0.4) is 0 Å². The van der Waals surface area contributed by atoms with Gasteiger partial charge in [-0.15, -0.1) is 0 Å². The first-order valence-corrected chi connectivity index (χ1v) is 5.87. The number of nitrogens with two attached hydrogens (primary N) is 1. The van der Waals surface area contributed by atoms with Crippen molar-refractivity contribution in [3.8, 4) is 0 Å². The largest absolute Gasteiger partial charge is 0.325 e. The van der Waals surface area contributed by atoms with Gasteiger partial charge in [0.15, 0.2) is 0 Å². The van der Waals surface area contributed by atoms with Crippen molar-refractivity contribution in [3.05, 3.63) is 53.9 Å². The molecule has 0 saturated heterocycles. The van der Waals surface area contributed by atoms with Crippen LogP contribution in [0.15, 0.2) is 42.7 Å². The number of rotatable bonds is 4. The highest BCUT2D eigenvalue weighted by Gasteiger charge is 2.12. The van der Waals surface area contributed by atoms with Crippen molar-refractivity contribution >= 4 is 0 Å². The second kappa shape index (κ2) is 4.72. The van der Waals surface area contributed by atoms with E-state index in [1.54, 1.807) is 0 Å². The van der Waals surface area contributed by atoms with Crippen molar-refractivity contribution in [3.63, 3.8) is 0 Å². The third kappa shape index (κ3) is 3.71. The van der Waals surface area contributed by atoms with Crippen LogP contribution in [-0.4, -0.2) is 15.3 Å². The lowest BCUT2D eigenvalue weighted by Crippen LogP contribution is -2.34. The standard InChI is InChI=1S/C14H19N3/c1-14(2,15)8-13-9-16-17(11-13)10-12-6-4-3-5-7-12/h3-7,9,11H,8,10,15H2,1-2H3. The summed E-state index contributed by atoms with van der Waals surface area (Å²) in [5.41, 5.74) is 8.26. The Morgan fingerprint density at radius 3 is 2.53 bits per heavy atom. The molecule has 0 radical (unpaired) electrons. The van der Waals surface area contributed by atoms with Crippen molar-refractivity contribution in [2.45, 2.75) is 32.4 Å². The number of benzene rings is 1. The van der Waals surface area contributed by atoms with Gasteiger partial charge in [0.25, 0.3) is 0 Å². The fraction of sp³-hybridized carbons (Fsp3) is 0.357. The third-order valence-corrected chi connectivity index (χ3v) is 2.53. The van der Waals surface area contributed by atoms with Gasteiger partial charge in [-0.05, 0) is 31.4 Å². The predicted molar refractivity (Wildman–Crippen MR) is 69.7 cm³/mol. The van der Waals surface area contributed by atoms with Crippen molar-refractivity contribution in [1.82, 2.24) is 9.78 Å². The van der Waals surface area contributed by atoms with Gasteiger partial charge < -0.3 is 5.73 Å². The highest BCUT2D eigenvalue weighted by Crippen LogP contribution is 2.10. The Kier molecular flexibility index (Phi) is 3.29. The molecule has 0 saturated carbocycles. The zero-order valence-corrected chi connectivity index (χ0v) is 10.4. The Morgan fingerprint density at radius 1 is 1.18 bits per heavy atom. The molecule has 17 heavy (non-hydrogen) atoms. The Bertz CT molecular complexity index is 466. The van der Waals surface area contributed by atoms with E-state index in [4.69, 9.17) is 5.73 Å². The third-order valence-electron chi connectivity index (χ3n) is 2.53. The van der Waals surface area contributed by atoms with E-state index in [-0.39, 0.29) is 5.54 Å². The van der Waals surface area contributed by atoms with Crippen molar-refractivity contribution in [2.24, 2.45) is 5.73 Å². The first-order chi connectivity index (χ1) is 8.03. The molecule has 0 bridgehead atoms. The fourth-order valence-electron chi connectivity index (χ4n) is 1.88. The van der Waals surface area contributed by atoms with Crippen molar-refractivity contribution < 1.29 is 0 Å². The lowest BCUT2D eigenvalue weighted by molar-refractivity contribution is 0.516. The molecule has 2 N–H and O–H groups in total. The molecule has 0 fully saturated rings. The summed E-state index contributed by atoms with van der Waals surface area (Å²) in [7, 11) is 0. The average molecular weight is 229 g/mol. The van der Waals surface area contributed by atoms with E-state index in [1.807, 2.05) is 42.9 Å². The van der Waals surface area contributed by atoms with Gasteiger partial charge in [0.1, 0.15) is 0 Å². The summed E-state index contributed by atoms with van der Waals surface area (Å²) in [5.74, 6) is 0. The van der Waals surface area contributed by atoms with Gasteiger partial charge in [0.05, 0.1) is 12.7 Å². The van der Waals surface area contributed by atoms with E-state index in [0.717, 1.165) is 13.0 Å². The molecule has 3 nitrogen and oxygen atoms in total. The maximum atomic E-state index is 5.99. The van der Waals surface area contributed by atoms with Gasteiger partial charge in [0, 0.05) is 11.7 Å². The molecule has 1 aromatic carbocycles. The minimum absolute atomic E-state index is 0.180. The van der Waals surface area contributed by atoms with Crippen LogP contribution in [0.1, 0.15) is 25.0 Å². The van der Waals surface area contributed by atoms with Crippen LogP contribution in [-0.2, 0) is 13.0 Å². The summed E-state index contributed by atoms with van der Waals surface area (Å²) in [6.07, 6.45) is 4.82. The van der Waals surface area contributed by atoms with E-state index in [9.17, 15) is 0 Å². The van der Waals surface area contributed by atoms with Crippen molar-refractivity contribution in [2.75, 3.05) is 0 Å². The van der Waals surface area contributed by atoms with E-state index in [0.29, 0.717) is 0 Å². The van der Waals surface area contributed by atoms with Crippen LogP contribution in [0.5, 0.6) is 0 Å². The van der Waals surface area contributed by atoms with Gasteiger partial charge in [-0.3, -0.25) is 4.68 Å². The Balaban J connectivity index is 2.04. The molecule has 0 spiro atoms. The quantitative estimate of drug-likeness (QED) is 0.873. The highest BCUT2D eigenvalue weighted by atomic mass is 15.3. The van der Waals surface area contributed by atoms with Gasteiger partial charge >= 0.3 is 0 Å². The second-order valence-corrected chi connectivity index (χ2v) is 5.20. The fourth-order valence-corrected chi connectivity index (χ4v) is 1.88. The molecule has 0 aliphatic carbocycles. The normalized spacial score (nSPS) is 11.7. The summed E-state index contributed by atoms with van der Waals surface area (Å²) >= 11 is 0. The second-order valence-electron chi connectivity index (χ2n) is 5.20. The molecule has 0 amide bonds. The number of aromatic nitrogens is 2. The van der Waals surface area contributed by atoms with Crippen LogP contribution >= 0.6 is 0 Å². The molecule has 0 atom stereocenters. The van der Waals surface area contributed by atoms with Gasteiger partial charge in [-0.2, -0.15) is 5.10 Å². The van der Waals surface area contributed by atoms with Crippen LogP contribution in [0.25, 0.3) is 0 Å². The summed E-state index contributed by atoms with van der Waals surface area (Å²) in [5, 5.41) is 4.36. The maximum Gasteiger partial charge on any atom is 0.0659 e. The van der Waals surface area contributed by atoms with E-state index in [1.165, 1.54) is 11.1 Å². The van der Waals surface area contributed by atoms with Gasteiger partial charge in [-0.1, -0.05) is 30.3 Å². The van der Waals surface area contributed by atoms with Crippen LogP contribution < -0.4 is 5.73 Å². The Labute approximate surface area is 102 Å². The molecule has 1 aromatic heterocycles. The molecular weight excluding hydrogens is 210 g/mol. The maximum absolute atomic E-state index is 5.99. The Morgan fingerprint density at radius 2 is 1.88 bits per heavy atom. The lowest BCUT2D eigenvalue weighted by Gasteiger charge is -2.16. The van der Waals surface area contributed by atoms with Crippen LogP contribution in [0.2, 0.25) is 0 Å². The van der Waals surface area contributed by atoms with E-state index >= 15 is 0 Å². The van der Waals surface area contributed by atoms with Gasteiger partial charge in [0.2, 0.25) is 0 Å². The topological polar surface area (TPSA) is 43.8 Å². The molecule has 0 aliphatic rings. The molecule has 2 rings (SSSR count). The number of hydrogen-bond donors (Lipinski definition) is 1. The first kappa shape index (κ1) is 11.9. The van der Waals surface area contributed by atoms with Crippen LogP contribution in [0.4, 0.5) is 0 Å². The molecule has 0 aliphatic heterocycles. The first-order valence-electron chi connectivity index (χ1n) is 5.87. The monoisotopic (exact) mass is 229 g/mol. The summed E-state index contributed by atoms with van der Waals surface area (Å²) in [4.78, 5) is 0. The number of nitrogens with zero attached hydrogens (tertiary/aromatic N) is 2. The van der Waals surface area contributed by atoms with E-state index in [2.05, 4.69) is 23.4 Å². The van der Waals surface area contributed by atoms with Crippen LogP contribution in [0, 0.1) is 0 Å². The highest BCUT2D eigenvalue weighted by molar-refractivity contribution is 5.16. The summed E-state index contributed by atoms with van der Waals surface area (Å²) in [6.45, 7) is 4.87. The molecule has 0 unspecified atom stereocenters. The molecule has 1 heterocycles. The SMILES string of the molecule is CC(C)(N)Cc1cnn(Cc2ccccc2)c1. The van der Waals surface area contributed by atoms with Crippen molar-refractivity contribution in [1.29, 1.82) is 0 Å². The lowest BCUT2D eigenvalue weighted by atomic mass is 9.99.